The lowest BCUT2D eigenvalue weighted by Crippen LogP contribution is -2.53. The average Bonchev–Trinajstić information content (AvgIpc) is 3.06. The minimum atomic E-state index is -0.364. The van der Waals surface area contributed by atoms with Gasteiger partial charge in [0.1, 0.15) is 6.04 Å². The van der Waals surface area contributed by atoms with E-state index < -0.39 is 0 Å². The zero-order chi connectivity index (χ0) is 17.1. The standard InChI is InChI=1S/C17H22N4O3/c1-4-14-20-17(24-21-14)12-6-5-10(2)13(9-12)19-16(22)15-11(3)23-8-7-18-15/h5-6,9,11,15,18H,4,7-8H2,1-3H3,(H,19,22)/t11-,15+/m1/s1. The van der Waals surface area contributed by atoms with Gasteiger partial charge in [-0.1, -0.05) is 18.1 Å². The van der Waals surface area contributed by atoms with E-state index in [2.05, 4.69) is 20.8 Å². The van der Waals surface area contributed by atoms with E-state index in [9.17, 15) is 4.79 Å². The summed E-state index contributed by atoms with van der Waals surface area (Å²) in [4.78, 5) is 16.9. The Kier molecular flexibility index (Phi) is 4.92. The fourth-order valence-electron chi connectivity index (χ4n) is 2.64. The number of benzene rings is 1. The summed E-state index contributed by atoms with van der Waals surface area (Å²) in [5.74, 6) is 1.01. The summed E-state index contributed by atoms with van der Waals surface area (Å²) >= 11 is 0. The predicted octanol–water partition coefficient (Wildman–Crippen LogP) is 1.92. The fraction of sp³-hybridized carbons (Fsp3) is 0.471. The molecule has 1 amide bonds. The Labute approximate surface area is 140 Å². The topological polar surface area (TPSA) is 89.3 Å². The number of aromatic nitrogens is 2. The van der Waals surface area contributed by atoms with Gasteiger partial charge in [0.15, 0.2) is 5.82 Å². The van der Waals surface area contributed by atoms with Gasteiger partial charge in [0.2, 0.25) is 5.91 Å². The molecule has 7 nitrogen and oxygen atoms in total. The van der Waals surface area contributed by atoms with Crippen molar-refractivity contribution in [3.8, 4) is 11.5 Å². The van der Waals surface area contributed by atoms with Crippen molar-refractivity contribution in [2.75, 3.05) is 18.5 Å². The number of hydrogen-bond donors (Lipinski definition) is 2. The lowest BCUT2D eigenvalue weighted by molar-refractivity contribution is -0.123. The molecular formula is C17H22N4O3. The maximum atomic E-state index is 12.5. The van der Waals surface area contributed by atoms with Crippen LogP contribution in [0.15, 0.2) is 22.7 Å². The van der Waals surface area contributed by atoms with Crippen molar-refractivity contribution >= 4 is 11.6 Å². The molecule has 0 aliphatic carbocycles. The number of carbonyl (C=O) groups is 1. The zero-order valence-corrected chi connectivity index (χ0v) is 14.1. The van der Waals surface area contributed by atoms with Crippen molar-refractivity contribution < 1.29 is 14.1 Å². The number of nitrogens with zero attached hydrogens (tertiary/aromatic N) is 2. The van der Waals surface area contributed by atoms with Crippen molar-refractivity contribution in [1.29, 1.82) is 0 Å². The highest BCUT2D eigenvalue weighted by Crippen LogP contribution is 2.25. The van der Waals surface area contributed by atoms with Crippen LogP contribution in [0.4, 0.5) is 5.69 Å². The summed E-state index contributed by atoms with van der Waals surface area (Å²) in [6, 6.07) is 5.32. The third kappa shape index (κ3) is 3.47. The van der Waals surface area contributed by atoms with E-state index in [4.69, 9.17) is 9.26 Å². The molecule has 2 atom stereocenters. The highest BCUT2D eigenvalue weighted by atomic mass is 16.5. The third-order valence-corrected chi connectivity index (χ3v) is 4.13. The number of amides is 1. The molecular weight excluding hydrogens is 308 g/mol. The van der Waals surface area contributed by atoms with Gasteiger partial charge in [0, 0.05) is 24.2 Å². The molecule has 7 heteroatoms. The van der Waals surface area contributed by atoms with Crippen LogP contribution in [0.2, 0.25) is 0 Å². The first-order valence-electron chi connectivity index (χ1n) is 8.18. The van der Waals surface area contributed by atoms with Crippen LogP contribution in [0, 0.1) is 6.92 Å². The number of ether oxygens (including phenoxy) is 1. The number of morpholine rings is 1. The van der Waals surface area contributed by atoms with Gasteiger partial charge in [-0.2, -0.15) is 4.98 Å². The van der Waals surface area contributed by atoms with Gasteiger partial charge in [-0.15, -0.1) is 0 Å². The van der Waals surface area contributed by atoms with Gasteiger partial charge in [0.25, 0.3) is 5.89 Å². The van der Waals surface area contributed by atoms with Crippen molar-refractivity contribution in [2.45, 2.75) is 39.3 Å². The summed E-state index contributed by atoms with van der Waals surface area (Å²) in [6.07, 6.45) is 0.551. The SMILES string of the molecule is CCc1noc(-c2ccc(C)c(NC(=O)[C@H]3NCCO[C@@H]3C)c2)n1. The minimum absolute atomic E-state index is 0.109. The summed E-state index contributed by atoms with van der Waals surface area (Å²) in [6.45, 7) is 7.10. The number of nitrogens with one attached hydrogen (secondary N) is 2. The van der Waals surface area contributed by atoms with Gasteiger partial charge in [0.05, 0.1) is 12.7 Å². The lowest BCUT2D eigenvalue weighted by Gasteiger charge is -2.29. The number of carbonyl (C=O) groups excluding carboxylic acids is 1. The molecule has 2 aromatic rings. The van der Waals surface area contributed by atoms with E-state index in [0.717, 1.165) is 16.8 Å². The summed E-state index contributed by atoms with van der Waals surface area (Å²) in [5, 5.41) is 10.1. The van der Waals surface area contributed by atoms with E-state index in [-0.39, 0.29) is 18.1 Å². The van der Waals surface area contributed by atoms with Gasteiger partial charge in [-0.3, -0.25) is 4.79 Å². The van der Waals surface area contributed by atoms with Crippen LogP contribution in [0.3, 0.4) is 0 Å². The van der Waals surface area contributed by atoms with E-state index >= 15 is 0 Å². The van der Waals surface area contributed by atoms with Crippen LogP contribution in [-0.4, -0.2) is 41.3 Å². The molecule has 0 unspecified atom stereocenters. The van der Waals surface area contributed by atoms with Crippen LogP contribution < -0.4 is 10.6 Å². The van der Waals surface area contributed by atoms with E-state index in [0.29, 0.717) is 31.3 Å². The van der Waals surface area contributed by atoms with Gasteiger partial charge in [-0.05, 0) is 31.5 Å². The largest absolute Gasteiger partial charge is 0.375 e. The lowest BCUT2D eigenvalue weighted by atomic mass is 10.1. The molecule has 128 valence electrons. The van der Waals surface area contributed by atoms with Crippen LogP contribution in [0.25, 0.3) is 11.5 Å². The van der Waals surface area contributed by atoms with E-state index in [1.54, 1.807) is 0 Å². The monoisotopic (exact) mass is 330 g/mol. The first-order valence-corrected chi connectivity index (χ1v) is 8.18. The molecule has 0 saturated carbocycles. The average molecular weight is 330 g/mol. The molecule has 1 saturated heterocycles. The number of aryl methyl sites for hydroxylation is 2. The van der Waals surface area contributed by atoms with Crippen molar-refractivity contribution in [3.63, 3.8) is 0 Å². The second kappa shape index (κ2) is 7.11. The van der Waals surface area contributed by atoms with E-state index in [1.165, 1.54) is 0 Å². The van der Waals surface area contributed by atoms with Crippen LogP contribution >= 0.6 is 0 Å². The Balaban J connectivity index is 1.80. The molecule has 1 aliphatic rings. The second-order valence-corrected chi connectivity index (χ2v) is 5.90. The molecule has 2 N–H and O–H groups in total. The molecule has 2 heterocycles. The van der Waals surface area contributed by atoms with Gasteiger partial charge in [-0.25, -0.2) is 0 Å². The first kappa shape index (κ1) is 16.6. The number of anilines is 1. The van der Waals surface area contributed by atoms with Crippen molar-refractivity contribution in [2.24, 2.45) is 0 Å². The Bertz CT molecular complexity index is 728. The summed E-state index contributed by atoms with van der Waals surface area (Å²) < 4.78 is 10.8. The molecule has 1 aromatic heterocycles. The summed E-state index contributed by atoms with van der Waals surface area (Å²) in [7, 11) is 0. The molecule has 1 aliphatic heterocycles. The highest BCUT2D eigenvalue weighted by molar-refractivity contribution is 5.96. The normalized spacial score (nSPS) is 20.8. The van der Waals surface area contributed by atoms with Gasteiger partial charge >= 0.3 is 0 Å². The molecule has 1 aromatic carbocycles. The van der Waals surface area contributed by atoms with Crippen LogP contribution in [0.5, 0.6) is 0 Å². The zero-order valence-electron chi connectivity index (χ0n) is 14.1. The third-order valence-electron chi connectivity index (χ3n) is 4.13. The van der Waals surface area contributed by atoms with E-state index in [1.807, 2.05) is 39.0 Å². The molecule has 24 heavy (non-hydrogen) atoms. The Morgan fingerprint density at radius 3 is 3.00 bits per heavy atom. The molecule has 0 radical (unpaired) electrons. The highest BCUT2D eigenvalue weighted by Gasteiger charge is 2.28. The Morgan fingerprint density at radius 1 is 1.46 bits per heavy atom. The van der Waals surface area contributed by atoms with Gasteiger partial charge < -0.3 is 19.9 Å². The maximum Gasteiger partial charge on any atom is 0.257 e. The smallest absolute Gasteiger partial charge is 0.257 e. The van der Waals surface area contributed by atoms with Crippen LogP contribution in [0.1, 0.15) is 25.2 Å². The molecule has 0 bridgehead atoms. The fourth-order valence-corrected chi connectivity index (χ4v) is 2.64. The van der Waals surface area contributed by atoms with Crippen molar-refractivity contribution in [3.05, 3.63) is 29.6 Å². The van der Waals surface area contributed by atoms with Crippen molar-refractivity contribution in [1.82, 2.24) is 15.5 Å². The molecule has 0 spiro atoms. The quantitative estimate of drug-likeness (QED) is 0.890. The maximum absolute atomic E-state index is 12.5. The number of hydrogen-bond acceptors (Lipinski definition) is 6. The summed E-state index contributed by atoms with van der Waals surface area (Å²) in [5.41, 5.74) is 2.48. The minimum Gasteiger partial charge on any atom is -0.375 e. The molecule has 3 rings (SSSR count). The number of rotatable bonds is 4. The molecule has 1 fully saturated rings. The van der Waals surface area contributed by atoms with Crippen LogP contribution in [-0.2, 0) is 16.0 Å². The first-order chi connectivity index (χ1) is 11.6. The predicted molar refractivity (Wildman–Crippen MR) is 89.7 cm³/mol. The Morgan fingerprint density at radius 2 is 2.29 bits per heavy atom. The second-order valence-electron chi connectivity index (χ2n) is 5.90. The Hall–Kier alpha value is -2.25.